The fourth-order valence-corrected chi connectivity index (χ4v) is 5.91. The minimum absolute atomic E-state index is 0.00268. The van der Waals surface area contributed by atoms with E-state index in [-0.39, 0.29) is 23.4 Å². The molecule has 0 aliphatic carbocycles. The Bertz CT molecular complexity index is 1450. The largest absolute Gasteiger partial charge is 0.497 e. The number of carbonyl (C=O) groups excluding carboxylic acids is 2. The Labute approximate surface area is 248 Å². The molecule has 0 radical (unpaired) electrons. The zero-order chi connectivity index (χ0) is 30.2. The molecule has 0 spiro atoms. The van der Waals surface area contributed by atoms with Crippen molar-refractivity contribution in [3.8, 4) is 5.75 Å². The topological polar surface area (TPSA) is 96.0 Å². The lowest BCUT2D eigenvalue weighted by molar-refractivity contribution is -0.140. The molecule has 3 aromatic carbocycles. The first-order chi connectivity index (χ1) is 19.5. The molecule has 2 amide bonds. The van der Waals surface area contributed by atoms with Crippen LogP contribution in [0.1, 0.15) is 44.7 Å². The highest BCUT2D eigenvalue weighted by atomic mass is 35.5. The standard InChI is InChI=1S/C31H38ClN3O5S/c1-6-23(4)33-31(37)29(7-2)34(20-24-11-9-13-27(19-24)40-5)30(36)21-35(26-12-8-10-22(3)18-26)41(38,39)28-16-14-25(32)15-17-28/h8-19,23,29H,6-7,20-21H2,1-5H3,(H,33,37)/t23-,29+/m0/s1. The Morgan fingerprint density at radius 2 is 1.66 bits per heavy atom. The number of halogens is 1. The number of ether oxygens (including phenoxy) is 1. The van der Waals surface area contributed by atoms with Gasteiger partial charge in [0.25, 0.3) is 10.0 Å². The first kappa shape index (κ1) is 32.0. The molecule has 2 atom stereocenters. The molecular formula is C31H38ClN3O5S. The molecule has 0 saturated heterocycles. The molecular weight excluding hydrogens is 562 g/mol. The van der Waals surface area contributed by atoms with E-state index in [1.165, 1.54) is 29.2 Å². The number of benzene rings is 3. The Morgan fingerprint density at radius 3 is 2.27 bits per heavy atom. The summed E-state index contributed by atoms with van der Waals surface area (Å²) >= 11 is 6.01. The summed E-state index contributed by atoms with van der Waals surface area (Å²) in [6, 6.07) is 19.1. The summed E-state index contributed by atoms with van der Waals surface area (Å²) in [5.41, 5.74) is 1.92. The maximum Gasteiger partial charge on any atom is 0.264 e. The average Bonchev–Trinajstić information content (AvgIpc) is 2.95. The van der Waals surface area contributed by atoms with Gasteiger partial charge in [0.15, 0.2) is 0 Å². The molecule has 10 heteroatoms. The highest BCUT2D eigenvalue weighted by Gasteiger charge is 2.34. The summed E-state index contributed by atoms with van der Waals surface area (Å²) in [6.07, 6.45) is 1.07. The number of rotatable bonds is 13. The van der Waals surface area contributed by atoms with Gasteiger partial charge in [0, 0.05) is 17.6 Å². The minimum atomic E-state index is -4.17. The third kappa shape index (κ3) is 8.24. The van der Waals surface area contributed by atoms with Crippen LogP contribution in [0.3, 0.4) is 0 Å². The van der Waals surface area contributed by atoms with Crippen molar-refractivity contribution in [3.63, 3.8) is 0 Å². The average molecular weight is 600 g/mol. The second-order valence-corrected chi connectivity index (χ2v) is 12.2. The second-order valence-electron chi connectivity index (χ2n) is 9.92. The van der Waals surface area contributed by atoms with Crippen molar-refractivity contribution in [2.75, 3.05) is 18.0 Å². The number of aryl methyl sites for hydroxylation is 1. The van der Waals surface area contributed by atoms with Gasteiger partial charge in [-0.2, -0.15) is 0 Å². The van der Waals surface area contributed by atoms with Gasteiger partial charge < -0.3 is 15.0 Å². The maximum atomic E-state index is 14.2. The lowest BCUT2D eigenvalue weighted by Crippen LogP contribution is -2.53. The van der Waals surface area contributed by atoms with E-state index in [2.05, 4.69) is 5.32 Å². The molecule has 0 fully saturated rings. The zero-order valence-corrected chi connectivity index (χ0v) is 25.7. The highest BCUT2D eigenvalue weighted by molar-refractivity contribution is 7.92. The number of carbonyl (C=O) groups is 2. The van der Waals surface area contributed by atoms with Gasteiger partial charge in [0.1, 0.15) is 18.3 Å². The van der Waals surface area contributed by atoms with Gasteiger partial charge in [-0.1, -0.05) is 49.7 Å². The quantitative estimate of drug-likeness (QED) is 0.277. The number of nitrogens with one attached hydrogen (secondary N) is 1. The Hall–Kier alpha value is -3.56. The number of methoxy groups -OCH3 is 1. The lowest BCUT2D eigenvalue weighted by Gasteiger charge is -2.34. The first-order valence-electron chi connectivity index (χ1n) is 13.6. The Balaban J connectivity index is 2.07. The number of nitrogens with zero attached hydrogens (tertiary/aromatic N) is 2. The van der Waals surface area contributed by atoms with Gasteiger partial charge >= 0.3 is 0 Å². The van der Waals surface area contributed by atoms with Crippen LogP contribution >= 0.6 is 11.6 Å². The normalized spacial score (nSPS) is 12.7. The predicted octanol–water partition coefficient (Wildman–Crippen LogP) is 5.57. The van der Waals surface area contributed by atoms with Crippen molar-refractivity contribution >= 4 is 39.1 Å². The van der Waals surface area contributed by atoms with Crippen LogP contribution in [0, 0.1) is 6.92 Å². The van der Waals surface area contributed by atoms with Crippen molar-refractivity contribution in [2.24, 2.45) is 0 Å². The van der Waals surface area contributed by atoms with Crippen molar-refractivity contribution < 1.29 is 22.7 Å². The van der Waals surface area contributed by atoms with E-state index in [0.29, 0.717) is 22.9 Å². The molecule has 1 N–H and O–H groups in total. The Morgan fingerprint density at radius 1 is 0.976 bits per heavy atom. The zero-order valence-electron chi connectivity index (χ0n) is 24.1. The molecule has 0 aliphatic rings. The van der Waals surface area contributed by atoms with Gasteiger partial charge in [-0.25, -0.2) is 8.42 Å². The van der Waals surface area contributed by atoms with Gasteiger partial charge in [0.2, 0.25) is 11.8 Å². The number of sulfonamides is 1. The number of anilines is 1. The van der Waals surface area contributed by atoms with Crippen LogP contribution < -0.4 is 14.4 Å². The molecule has 220 valence electrons. The maximum absolute atomic E-state index is 14.2. The van der Waals surface area contributed by atoms with Crippen LogP contribution in [0.4, 0.5) is 5.69 Å². The van der Waals surface area contributed by atoms with Crippen LogP contribution in [0.15, 0.2) is 77.7 Å². The highest BCUT2D eigenvalue weighted by Crippen LogP contribution is 2.27. The van der Waals surface area contributed by atoms with Crippen molar-refractivity contribution in [2.45, 2.75) is 64.1 Å². The molecule has 0 aromatic heterocycles. The number of hydrogen-bond acceptors (Lipinski definition) is 5. The molecule has 0 aliphatic heterocycles. The summed E-state index contributed by atoms with van der Waals surface area (Å²) in [7, 11) is -2.62. The molecule has 3 rings (SSSR count). The van der Waals surface area contributed by atoms with Crippen LogP contribution in [-0.4, -0.2) is 50.9 Å². The molecule has 3 aromatic rings. The molecule has 0 bridgehead atoms. The van der Waals surface area contributed by atoms with Gasteiger partial charge in [-0.15, -0.1) is 0 Å². The van der Waals surface area contributed by atoms with Crippen molar-refractivity contribution in [1.29, 1.82) is 0 Å². The van der Waals surface area contributed by atoms with E-state index in [0.717, 1.165) is 21.9 Å². The van der Waals surface area contributed by atoms with Crippen LogP contribution in [0.2, 0.25) is 5.02 Å². The van der Waals surface area contributed by atoms with Gasteiger partial charge in [-0.3, -0.25) is 13.9 Å². The fourth-order valence-electron chi connectivity index (χ4n) is 4.37. The minimum Gasteiger partial charge on any atom is -0.497 e. The van der Waals surface area contributed by atoms with E-state index >= 15 is 0 Å². The SMILES string of the molecule is CC[C@H](C(=O)N[C@@H](C)CC)N(Cc1cccc(OC)c1)C(=O)CN(c1cccc(C)c1)S(=O)(=O)c1ccc(Cl)cc1. The van der Waals surface area contributed by atoms with Gasteiger partial charge in [0.05, 0.1) is 17.7 Å². The van der Waals surface area contributed by atoms with Crippen LogP contribution in [0.25, 0.3) is 0 Å². The number of hydrogen-bond donors (Lipinski definition) is 1. The van der Waals surface area contributed by atoms with Crippen molar-refractivity contribution in [3.05, 3.63) is 88.9 Å². The lowest BCUT2D eigenvalue weighted by atomic mass is 10.1. The second kappa shape index (κ2) is 14.4. The third-order valence-corrected chi connectivity index (χ3v) is 8.88. The molecule has 0 heterocycles. The van der Waals surface area contributed by atoms with E-state index in [9.17, 15) is 18.0 Å². The fraction of sp³-hybridized carbons (Fsp3) is 0.355. The van der Waals surface area contributed by atoms with E-state index < -0.39 is 28.5 Å². The monoisotopic (exact) mass is 599 g/mol. The molecule has 0 unspecified atom stereocenters. The third-order valence-electron chi connectivity index (χ3n) is 6.84. The summed E-state index contributed by atoms with van der Waals surface area (Å²) in [4.78, 5) is 29.0. The smallest absolute Gasteiger partial charge is 0.264 e. The van der Waals surface area contributed by atoms with Gasteiger partial charge in [-0.05, 0) is 86.3 Å². The first-order valence-corrected chi connectivity index (χ1v) is 15.4. The predicted molar refractivity (Wildman–Crippen MR) is 163 cm³/mol. The van der Waals surface area contributed by atoms with E-state index in [4.69, 9.17) is 16.3 Å². The van der Waals surface area contributed by atoms with E-state index in [1.807, 2.05) is 39.8 Å². The summed E-state index contributed by atoms with van der Waals surface area (Å²) in [5.74, 6) is -0.197. The molecule has 41 heavy (non-hydrogen) atoms. The summed E-state index contributed by atoms with van der Waals surface area (Å²) in [6.45, 7) is 7.12. The summed E-state index contributed by atoms with van der Waals surface area (Å²) in [5, 5.41) is 3.37. The molecule has 0 saturated carbocycles. The van der Waals surface area contributed by atoms with E-state index in [1.54, 1.807) is 43.5 Å². The number of amides is 2. The van der Waals surface area contributed by atoms with Crippen LogP contribution in [0.5, 0.6) is 5.75 Å². The van der Waals surface area contributed by atoms with Crippen molar-refractivity contribution in [1.82, 2.24) is 10.2 Å². The summed E-state index contributed by atoms with van der Waals surface area (Å²) < 4.78 is 34.3. The molecule has 8 nitrogen and oxygen atoms in total. The van der Waals surface area contributed by atoms with Crippen LogP contribution in [-0.2, 0) is 26.2 Å². The Kier molecular flexibility index (Phi) is 11.2.